The van der Waals surface area contributed by atoms with E-state index in [0.717, 1.165) is 48.5 Å². The van der Waals surface area contributed by atoms with Crippen LogP contribution in [-0.2, 0) is 23.5 Å². The topological polar surface area (TPSA) is 111 Å². The number of anilines is 1. The molecule has 0 unspecified atom stereocenters. The second kappa shape index (κ2) is 11.0. The monoisotopic (exact) mass is 548 g/mol. The van der Waals surface area contributed by atoms with Gasteiger partial charge in [-0.05, 0) is 49.1 Å². The first-order valence-corrected chi connectivity index (χ1v) is 14.2. The van der Waals surface area contributed by atoms with Gasteiger partial charge in [-0.3, -0.25) is 9.58 Å². The van der Waals surface area contributed by atoms with Gasteiger partial charge >= 0.3 is 0 Å². The fourth-order valence-electron chi connectivity index (χ4n) is 4.66. The van der Waals surface area contributed by atoms with Crippen LogP contribution in [0, 0.1) is 13.8 Å². The molecule has 1 aliphatic rings. The minimum absolute atomic E-state index is 0.0271. The fourth-order valence-corrected chi connectivity index (χ4v) is 5.59. The molecule has 10 nitrogen and oxygen atoms in total. The van der Waals surface area contributed by atoms with Gasteiger partial charge < -0.3 is 9.47 Å². The molecule has 4 aromatic rings. The molecule has 2 aromatic heterocycles. The summed E-state index contributed by atoms with van der Waals surface area (Å²) < 4.78 is 41.4. The molecule has 204 valence electrons. The first kappa shape index (κ1) is 26.6. The van der Waals surface area contributed by atoms with Gasteiger partial charge in [0.2, 0.25) is 11.8 Å². The zero-order valence-corrected chi connectivity index (χ0v) is 23.3. The van der Waals surface area contributed by atoms with Crippen molar-refractivity contribution in [3.63, 3.8) is 0 Å². The first-order chi connectivity index (χ1) is 18.7. The van der Waals surface area contributed by atoms with Crippen molar-refractivity contribution in [2.45, 2.75) is 31.3 Å². The molecule has 0 spiro atoms. The van der Waals surface area contributed by atoms with Crippen molar-refractivity contribution in [3.05, 3.63) is 77.6 Å². The maximum Gasteiger partial charge on any atom is 0.267 e. The lowest BCUT2D eigenvalue weighted by Crippen LogP contribution is -2.54. The van der Waals surface area contributed by atoms with Gasteiger partial charge in [0.15, 0.2) is 0 Å². The second-order valence-electron chi connectivity index (χ2n) is 9.74. The standard InChI is InChI=1S/C28H32N6O4S/c1-19-7-5-8-20(2)27(19)25-14-26(31-28(30-25)32-39(35,36)24-15-29-33(3)18-24)38-23-16-34(17-23)12-11-21-9-6-10-22(13-21)37-4/h5-10,13-15,18,23H,11-12,16-17H2,1-4H3,(H,30,31,32). The van der Waals surface area contributed by atoms with E-state index in [-0.39, 0.29) is 16.9 Å². The summed E-state index contributed by atoms with van der Waals surface area (Å²) in [6.07, 6.45) is 3.56. The van der Waals surface area contributed by atoms with Crippen LogP contribution in [-0.4, -0.2) is 65.9 Å². The number of aromatic nitrogens is 4. The Morgan fingerprint density at radius 2 is 1.79 bits per heavy atom. The van der Waals surface area contributed by atoms with Crippen molar-refractivity contribution in [2.75, 3.05) is 31.5 Å². The Bertz CT molecular complexity index is 1560. The maximum atomic E-state index is 13.0. The van der Waals surface area contributed by atoms with Crippen LogP contribution in [0.4, 0.5) is 5.95 Å². The van der Waals surface area contributed by atoms with Gasteiger partial charge in [0.05, 0.1) is 19.0 Å². The highest BCUT2D eigenvalue weighted by Crippen LogP contribution is 2.30. The largest absolute Gasteiger partial charge is 0.497 e. The summed E-state index contributed by atoms with van der Waals surface area (Å²) in [5.74, 6) is 1.13. The minimum Gasteiger partial charge on any atom is -0.497 e. The summed E-state index contributed by atoms with van der Waals surface area (Å²) in [5, 5.41) is 3.96. The van der Waals surface area contributed by atoms with Gasteiger partial charge in [0.25, 0.3) is 10.0 Å². The van der Waals surface area contributed by atoms with E-state index in [4.69, 9.17) is 9.47 Å². The molecule has 0 bridgehead atoms. The zero-order valence-electron chi connectivity index (χ0n) is 22.5. The smallest absolute Gasteiger partial charge is 0.267 e. The lowest BCUT2D eigenvalue weighted by atomic mass is 10.00. The molecule has 2 aromatic carbocycles. The summed E-state index contributed by atoms with van der Waals surface area (Å²) in [7, 11) is -0.601. The number of nitrogens with one attached hydrogen (secondary N) is 1. The fraction of sp³-hybridized carbons (Fsp3) is 0.321. The van der Waals surface area contributed by atoms with Crippen LogP contribution in [0.1, 0.15) is 16.7 Å². The summed E-state index contributed by atoms with van der Waals surface area (Å²) in [6.45, 7) is 6.40. The molecule has 0 saturated carbocycles. The van der Waals surface area contributed by atoms with Crippen LogP contribution in [0.25, 0.3) is 11.3 Å². The molecule has 5 rings (SSSR count). The number of likely N-dealkylation sites (tertiary alicyclic amines) is 1. The predicted octanol–water partition coefficient (Wildman–Crippen LogP) is 3.61. The maximum absolute atomic E-state index is 13.0. The quantitative estimate of drug-likeness (QED) is 0.320. The van der Waals surface area contributed by atoms with E-state index in [1.54, 1.807) is 20.2 Å². The van der Waals surface area contributed by atoms with Gasteiger partial charge in [-0.15, -0.1) is 0 Å². The molecule has 1 aliphatic heterocycles. The summed E-state index contributed by atoms with van der Waals surface area (Å²) in [4.78, 5) is 11.3. The number of benzene rings is 2. The van der Waals surface area contributed by atoms with Gasteiger partial charge in [0.1, 0.15) is 16.7 Å². The van der Waals surface area contributed by atoms with E-state index in [1.807, 2.05) is 44.2 Å². The van der Waals surface area contributed by atoms with Gasteiger partial charge in [0, 0.05) is 44.5 Å². The van der Waals surface area contributed by atoms with E-state index in [9.17, 15) is 8.42 Å². The zero-order chi connectivity index (χ0) is 27.6. The minimum atomic E-state index is -3.93. The van der Waals surface area contributed by atoms with Crippen molar-refractivity contribution >= 4 is 16.0 Å². The Hall–Kier alpha value is -3.96. The second-order valence-corrected chi connectivity index (χ2v) is 11.4. The molecule has 11 heteroatoms. The van der Waals surface area contributed by atoms with E-state index >= 15 is 0 Å². The van der Waals surface area contributed by atoms with Crippen LogP contribution in [0.3, 0.4) is 0 Å². The number of hydrogen-bond acceptors (Lipinski definition) is 8. The van der Waals surface area contributed by atoms with Gasteiger partial charge in [-0.25, -0.2) is 18.1 Å². The van der Waals surface area contributed by atoms with E-state index in [0.29, 0.717) is 11.6 Å². The molecule has 0 amide bonds. The highest BCUT2D eigenvalue weighted by atomic mass is 32.2. The molecule has 1 saturated heterocycles. The van der Waals surface area contributed by atoms with Crippen molar-refractivity contribution in [2.24, 2.45) is 7.05 Å². The number of methoxy groups -OCH3 is 1. The third-order valence-corrected chi connectivity index (χ3v) is 8.00. The molecular weight excluding hydrogens is 516 g/mol. The van der Waals surface area contributed by atoms with Crippen molar-refractivity contribution < 1.29 is 17.9 Å². The Morgan fingerprint density at radius 3 is 2.49 bits per heavy atom. The average molecular weight is 549 g/mol. The normalized spacial score (nSPS) is 14.2. The Kier molecular flexibility index (Phi) is 7.53. The molecule has 1 fully saturated rings. The summed E-state index contributed by atoms with van der Waals surface area (Å²) >= 11 is 0. The summed E-state index contributed by atoms with van der Waals surface area (Å²) in [6, 6.07) is 15.8. The Morgan fingerprint density at radius 1 is 1.05 bits per heavy atom. The number of ether oxygens (including phenoxy) is 2. The number of rotatable bonds is 10. The highest BCUT2D eigenvalue weighted by Gasteiger charge is 2.29. The number of aryl methyl sites for hydroxylation is 3. The van der Waals surface area contributed by atoms with E-state index in [1.165, 1.54) is 22.6 Å². The molecular formula is C28H32N6O4S. The third kappa shape index (κ3) is 6.21. The molecule has 0 aliphatic carbocycles. The molecule has 3 heterocycles. The first-order valence-electron chi connectivity index (χ1n) is 12.7. The number of nitrogens with zero attached hydrogens (tertiary/aromatic N) is 5. The Balaban J connectivity index is 1.32. The average Bonchev–Trinajstić information content (AvgIpc) is 3.32. The van der Waals surface area contributed by atoms with Crippen LogP contribution >= 0.6 is 0 Å². The summed E-state index contributed by atoms with van der Waals surface area (Å²) in [5.41, 5.74) is 4.77. The predicted molar refractivity (Wildman–Crippen MR) is 149 cm³/mol. The van der Waals surface area contributed by atoms with Gasteiger partial charge in [-0.1, -0.05) is 30.3 Å². The van der Waals surface area contributed by atoms with Crippen LogP contribution in [0.5, 0.6) is 11.6 Å². The van der Waals surface area contributed by atoms with Crippen molar-refractivity contribution in [3.8, 4) is 22.9 Å². The molecule has 1 N–H and O–H groups in total. The lowest BCUT2D eigenvalue weighted by molar-refractivity contribution is 0.0181. The highest BCUT2D eigenvalue weighted by molar-refractivity contribution is 7.92. The number of hydrogen-bond donors (Lipinski definition) is 1. The van der Waals surface area contributed by atoms with Crippen molar-refractivity contribution in [1.82, 2.24) is 24.6 Å². The molecule has 0 radical (unpaired) electrons. The van der Waals surface area contributed by atoms with E-state index < -0.39 is 10.0 Å². The van der Waals surface area contributed by atoms with Crippen LogP contribution < -0.4 is 14.2 Å². The van der Waals surface area contributed by atoms with Crippen LogP contribution in [0.2, 0.25) is 0 Å². The third-order valence-electron chi connectivity index (χ3n) is 6.72. The molecule has 39 heavy (non-hydrogen) atoms. The Labute approximate surface area is 228 Å². The van der Waals surface area contributed by atoms with Crippen molar-refractivity contribution in [1.29, 1.82) is 0 Å². The van der Waals surface area contributed by atoms with E-state index in [2.05, 4.69) is 36.8 Å². The lowest BCUT2D eigenvalue weighted by Gasteiger charge is -2.38. The SMILES string of the molecule is COc1cccc(CCN2CC(Oc3cc(-c4c(C)cccc4C)nc(NS(=O)(=O)c4cnn(C)c4)n3)C2)c1. The van der Waals surface area contributed by atoms with Crippen LogP contribution in [0.15, 0.2) is 65.8 Å². The van der Waals surface area contributed by atoms with Gasteiger partial charge in [-0.2, -0.15) is 10.1 Å². The molecule has 0 atom stereocenters. The number of sulfonamides is 1.